The molecule has 0 aliphatic rings. The maximum Gasteiger partial charge on any atom is 0.390 e. The summed E-state index contributed by atoms with van der Waals surface area (Å²) in [5.41, 5.74) is 2.38. The smallest absolute Gasteiger partial charge is 0.312 e. The molecule has 18 heavy (non-hydrogen) atoms. The van der Waals surface area contributed by atoms with Gasteiger partial charge in [0.25, 0.3) is 0 Å². The number of aryl methyl sites for hydroxylation is 1. The minimum absolute atomic E-state index is 0.0975. The SMILES string of the molecule is Cc1cc2ncc(CNCCC(F)(F)F)cn2n1. The number of halogens is 3. The second-order valence-electron chi connectivity index (χ2n) is 4.09. The van der Waals surface area contributed by atoms with Gasteiger partial charge in [-0.15, -0.1) is 0 Å². The van der Waals surface area contributed by atoms with E-state index in [4.69, 9.17) is 0 Å². The monoisotopic (exact) mass is 258 g/mol. The Morgan fingerprint density at radius 3 is 2.89 bits per heavy atom. The van der Waals surface area contributed by atoms with Gasteiger partial charge in [0.2, 0.25) is 0 Å². The van der Waals surface area contributed by atoms with Gasteiger partial charge in [-0.25, -0.2) is 9.50 Å². The van der Waals surface area contributed by atoms with Crippen LogP contribution in [0.15, 0.2) is 18.5 Å². The lowest BCUT2D eigenvalue weighted by atomic mass is 10.3. The first-order chi connectivity index (χ1) is 8.44. The van der Waals surface area contributed by atoms with E-state index < -0.39 is 12.6 Å². The number of aromatic nitrogens is 3. The van der Waals surface area contributed by atoms with Gasteiger partial charge in [0.1, 0.15) is 0 Å². The van der Waals surface area contributed by atoms with Crippen LogP contribution in [0.2, 0.25) is 0 Å². The molecule has 0 aromatic carbocycles. The van der Waals surface area contributed by atoms with E-state index in [0.29, 0.717) is 6.54 Å². The van der Waals surface area contributed by atoms with Crippen LogP contribution in [0.4, 0.5) is 13.2 Å². The van der Waals surface area contributed by atoms with Crippen molar-refractivity contribution in [1.29, 1.82) is 0 Å². The van der Waals surface area contributed by atoms with Gasteiger partial charge < -0.3 is 5.32 Å². The minimum atomic E-state index is -4.12. The zero-order valence-electron chi connectivity index (χ0n) is 9.83. The Balaban J connectivity index is 1.91. The van der Waals surface area contributed by atoms with Crippen molar-refractivity contribution in [2.24, 2.45) is 0 Å². The quantitative estimate of drug-likeness (QED) is 0.854. The summed E-state index contributed by atoms with van der Waals surface area (Å²) < 4.78 is 37.4. The Morgan fingerprint density at radius 1 is 1.39 bits per heavy atom. The predicted molar refractivity (Wildman–Crippen MR) is 60.1 cm³/mol. The van der Waals surface area contributed by atoms with E-state index in [1.54, 1.807) is 16.9 Å². The van der Waals surface area contributed by atoms with Crippen LogP contribution in [-0.2, 0) is 6.54 Å². The number of nitrogens with one attached hydrogen (secondary N) is 1. The van der Waals surface area contributed by atoms with E-state index in [1.165, 1.54) is 0 Å². The lowest BCUT2D eigenvalue weighted by molar-refractivity contribution is -0.133. The Labute approximate surface area is 102 Å². The first kappa shape index (κ1) is 12.8. The Hall–Kier alpha value is -1.63. The van der Waals surface area contributed by atoms with E-state index in [0.717, 1.165) is 16.9 Å². The number of hydrogen-bond acceptors (Lipinski definition) is 3. The summed E-state index contributed by atoms with van der Waals surface area (Å²) in [5.74, 6) is 0. The highest BCUT2D eigenvalue weighted by atomic mass is 19.4. The highest BCUT2D eigenvalue weighted by molar-refractivity contribution is 5.38. The van der Waals surface area contributed by atoms with Crippen LogP contribution in [0.5, 0.6) is 0 Å². The van der Waals surface area contributed by atoms with Gasteiger partial charge in [0.05, 0.1) is 12.1 Å². The topological polar surface area (TPSA) is 42.2 Å². The largest absolute Gasteiger partial charge is 0.390 e. The molecular formula is C11H13F3N4. The molecule has 0 amide bonds. The van der Waals surface area contributed by atoms with Crippen molar-refractivity contribution in [1.82, 2.24) is 19.9 Å². The summed E-state index contributed by atoms with van der Waals surface area (Å²) in [4.78, 5) is 4.17. The normalized spacial score (nSPS) is 12.2. The molecule has 0 aliphatic heterocycles. The second-order valence-corrected chi connectivity index (χ2v) is 4.09. The average Bonchev–Trinajstić information content (AvgIpc) is 2.62. The van der Waals surface area contributed by atoms with E-state index in [2.05, 4.69) is 15.4 Å². The summed E-state index contributed by atoms with van der Waals surface area (Å²) in [6, 6.07) is 1.83. The van der Waals surface area contributed by atoms with Crippen molar-refractivity contribution >= 4 is 5.65 Å². The van der Waals surface area contributed by atoms with Gasteiger partial charge in [-0.05, 0) is 6.92 Å². The fourth-order valence-electron chi connectivity index (χ4n) is 1.59. The zero-order valence-corrected chi connectivity index (χ0v) is 9.83. The number of nitrogens with zero attached hydrogens (tertiary/aromatic N) is 3. The standard InChI is InChI=1S/C11H13F3N4/c1-8-4-10-16-6-9(7-18(10)17-8)5-15-3-2-11(12,13)14/h4,6-7,15H,2-3,5H2,1H3. The van der Waals surface area contributed by atoms with Crippen molar-refractivity contribution in [3.8, 4) is 0 Å². The van der Waals surface area contributed by atoms with Gasteiger partial charge in [-0.3, -0.25) is 0 Å². The van der Waals surface area contributed by atoms with E-state index in [9.17, 15) is 13.2 Å². The summed E-state index contributed by atoms with van der Waals surface area (Å²) in [5, 5.41) is 6.92. The van der Waals surface area contributed by atoms with Crippen molar-refractivity contribution in [3.63, 3.8) is 0 Å². The van der Waals surface area contributed by atoms with Crippen molar-refractivity contribution in [2.45, 2.75) is 26.1 Å². The van der Waals surface area contributed by atoms with Gasteiger partial charge >= 0.3 is 6.18 Å². The number of fused-ring (bicyclic) bond motifs is 1. The van der Waals surface area contributed by atoms with Gasteiger partial charge in [0, 0.05) is 37.1 Å². The molecule has 0 aliphatic carbocycles. The van der Waals surface area contributed by atoms with Crippen molar-refractivity contribution < 1.29 is 13.2 Å². The Bertz CT molecular complexity index is 533. The van der Waals surface area contributed by atoms with Crippen LogP contribution in [0.1, 0.15) is 17.7 Å². The van der Waals surface area contributed by atoms with Crippen molar-refractivity contribution in [3.05, 3.63) is 29.7 Å². The molecule has 2 heterocycles. The van der Waals surface area contributed by atoms with Gasteiger partial charge in [0.15, 0.2) is 5.65 Å². The molecule has 0 unspecified atom stereocenters. The molecule has 0 saturated carbocycles. The van der Waals surface area contributed by atoms with Crippen LogP contribution < -0.4 is 5.32 Å². The summed E-state index contributed by atoms with van der Waals surface area (Å²) in [7, 11) is 0. The molecule has 0 fully saturated rings. The van der Waals surface area contributed by atoms with Crippen LogP contribution in [0.3, 0.4) is 0 Å². The van der Waals surface area contributed by atoms with E-state index in [-0.39, 0.29) is 6.54 Å². The molecule has 7 heteroatoms. The number of hydrogen-bond donors (Lipinski definition) is 1. The fraction of sp³-hybridized carbons (Fsp3) is 0.455. The molecule has 0 bridgehead atoms. The molecule has 4 nitrogen and oxygen atoms in total. The molecule has 2 rings (SSSR count). The lowest BCUT2D eigenvalue weighted by Gasteiger charge is -2.07. The van der Waals surface area contributed by atoms with Crippen LogP contribution in [-0.4, -0.2) is 27.3 Å². The molecule has 98 valence electrons. The number of alkyl halides is 3. The minimum Gasteiger partial charge on any atom is -0.312 e. The molecule has 0 radical (unpaired) electrons. The third-order valence-electron chi connectivity index (χ3n) is 2.40. The molecule has 0 spiro atoms. The second kappa shape index (κ2) is 4.93. The summed E-state index contributed by atoms with van der Waals surface area (Å²) in [6.07, 6.45) is -1.55. The Morgan fingerprint density at radius 2 is 2.17 bits per heavy atom. The van der Waals surface area contributed by atoms with E-state index >= 15 is 0 Å². The highest BCUT2D eigenvalue weighted by Crippen LogP contribution is 2.18. The Kier molecular flexibility index (Phi) is 3.51. The summed E-state index contributed by atoms with van der Waals surface area (Å²) in [6.45, 7) is 2.10. The maximum atomic E-state index is 11.9. The first-order valence-corrected chi connectivity index (χ1v) is 5.52. The van der Waals surface area contributed by atoms with Crippen LogP contribution >= 0.6 is 0 Å². The maximum absolute atomic E-state index is 11.9. The third-order valence-corrected chi connectivity index (χ3v) is 2.40. The van der Waals surface area contributed by atoms with Crippen LogP contribution in [0.25, 0.3) is 5.65 Å². The predicted octanol–water partition coefficient (Wildman–Crippen LogP) is 2.08. The fourth-order valence-corrected chi connectivity index (χ4v) is 1.59. The highest BCUT2D eigenvalue weighted by Gasteiger charge is 2.25. The molecule has 0 saturated heterocycles. The van der Waals surface area contributed by atoms with Gasteiger partial charge in [-0.1, -0.05) is 0 Å². The van der Waals surface area contributed by atoms with Crippen molar-refractivity contribution in [2.75, 3.05) is 6.54 Å². The van der Waals surface area contributed by atoms with Crippen LogP contribution in [0, 0.1) is 6.92 Å². The molecule has 2 aromatic heterocycles. The number of rotatable bonds is 4. The first-order valence-electron chi connectivity index (χ1n) is 5.52. The molecule has 0 atom stereocenters. The van der Waals surface area contributed by atoms with E-state index in [1.807, 2.05) is 13.0 Å². The lowest BCUT2D eigenvalue weighted by Crippen LogP contribution is -2.21. The zero-order chi connectivity index (χ0) is 13.2. The average molecular weight is 258 g/mol. The third kappa shape index (κ3) is 3.43. The molecular weight excluding hydrogens is 245 g/mol. The summed E-state index contributed by atoms with van der Waals surface area (Å²) >= 11 is 0. The van der Waals surface area contributed by atoms with Gasteiger partial charge in [-0.2, -0.15) is 18.3 Å². The molecule has 1 N–H and O–H groups in total. The molecule has 2 aromatic rings.